The summed E-state index contributed by atoms with van der Waals surface area (Å²) in [4.78, 5) is 19.0. The first kappa shape index (κ1) is 17.3. The van der Waals surface area contributed by atoms with E-state index in [1.54, 1.807) is 0 Å². The molecule has 10 nitrogen and oxygen atoms in total. The number of rotatable bonds is 6. The smallest absolute Gasteiger partial charge is 0.403 e. The third-order valence-electron chi connectivity index (χ3n) is 2.23. The maximum atomic E-state index is 10.1. The van der Waals surface area contributed by atoms with Gasteiger partial charge in [-0.05, 0) is 12.1 Å². The van der Waals surface area contributed by atoms with E-state index in [0.29, 0.717) is 11.5 Å². The summed E-state index contributed by atoms with van der Waals surface area (Å²) in [5.74, 6) is 0.410. The predicted octanol–water partition coefficient (Wildman–Crippen LogP) is 2.67. The second-order valence-electron chi connectivity index (χ2n) is 3.86. The van der Waals surface area contributed by atoms with Crippen molar-refractivity contribution >= 4 is 11.8 Å². The Hall–Kier alpha value is -2.72. The van der Waals surface area contributed by atoms with Crippen LogP contribution in [-0.4, -0.2) is 24.1 Å². The van der Waals surface area contributed by atoms with Gasteiger partial charge in [0.1, 0.15) is 34.6 Å². The lowest BCUT2D eigenvalue weighted by molar-refractivity contribution is -0.402. The molecular formula is C12H14N2O8. The fourth-order valence-corrected chi connectivity index (χ4v) is 1.37. The van der Waals surface area contributed by atoms with Gasteiger partial charge in [-0.1, -0.05) is 0 Å². The van der Waals surface area contributed by atoms with Gasteiger partial charge < -0.3 is 18.3 Å². The first-order valence-corrected chi connectivity index (χ1v) is 5.92. The van der Waals surface area contributed by atoms with Gasteiger partial charge in [0.05, 0.1) is 12.1 Å². The van der Waals surface area contributed by atoms with E-state index in [0.717, 1.165) is 0 Å². The van der Waals surface area contributed by atoms with Crippen molar-refractivity contribution in [2.75, 3.05) is 14.2 Å². The standard InChI is InChI=1S/2C6H7NO4/c2*1-10-4-5-2-3-6(11-5)7(8)9/h2*2-3H,4H2,1H3. The Morgan fingerprint density at radius 1 is 0.864 bits per heavy atom. The second kappa shape index (κ2) is 8.54. The Morgan fingerprint density at radius 3 is 1.45 bits per heavy atom. The maximum absolute atomic E-state index is 10.1. The van der Waals surface area contributed by atoms with Crippen LogP contribution in [0.5, 0.6) is 0 Å². The van der Waals surface area contributed by atoms with Crippen LogP contribution in [0.4, 0.5) is 11.8 Å². The number of methoxy groups -OCH3 is 2. The molecule has 0 unspecified atom stereocenters. The van der Waals surface area contributed by atoms with Gasteiger partial charge in [-0.3, -0.25) is 20.2 Å². The van der Waals surface area contributed by atoms with Gasteiger partial charge in [0.15, 0.2) is 0 Å². The van der Waals surface area contributed by atoms with Crippen molar-refractivity contribution in [1.29, 1.82) is 0 Å². The van der Waals surface area contributed by atoms with E-state index >= 15 is 0 Å². The molecule has 0 spiro atoms. The summed E-state index contributed by atoms with van der Waals surface area (Å²) in [5, 5.41) is 20.2. The molecule has 0 amide bonds. The van der Waals surface area contributed by atoms with Crippen LogP contribution in [0.25, 0.3) is 0 Å². The summed E-state index contributed by atoms with van der Waals surface area (Å²) in [6.07, 6.45) is 0. The van der Waals surface area contributed by atoms with Crippen molar-refractivity contribution in [3.63, 3.8) is 0 Å². The van der Waals surface area contributed by atoms with E-state index < -0.39 is 9.85 Å². The highest BCUT2D eigenvalue weighted by Crippen LogP contribution is 2.16. The highest BCUT2D eigenvalue weighted by molar-refractivity contribution is 5.17. The quantitative estimate of drug-likeness (QED) is 0.587. The van der Waals surface area contributed by atoms with Gasteiger partial charge in [0.25, 0.3) is 0 Å². The monoisotopic (exact) mass is 314 g/mol. The Morgan fingerprint density at radius 2 is 1.23 bits per heavy atom. The van der Waals surface area contributed by atoms with Crippen molar-refractivity contribution in [1.82, 2.24) is 0 Å². The summed E-state index contributed by atoms with van der Waals surface area (Å²) >= 11 is 0. The molecule has 0 aliphatic carbocycles. The van der Waals surface area contributed by atoms with E-state index in [2.05, 4.69) is 0 Å². The first-order chi connectivity index (χ1) is 10.5. The van der Waals surface area contributed by atoms with E-state index in [1.807, 2.05) is 0 Å². The molecule has 0 radical (unpaired) electrons. The molecule has 2 aromatic rings. The van der Waals surface area contributed by atoms with Crippen LogP contribution < -0.4 is 0 Å². The molecule has 22 heavy (non-hydrogen) atoms. The number of nitro groups is 2. The van der Waals surface area contributed by atoms with Crippen molar-refractivity contribution in [3.8, 4) is 0 Å². The van der Waals surface area contributed by atoms with Gasteiger partial charge >= 0.3 is 11.8 Å². The lowest BCUT2D eigenvalue weighted by Crippen LogP contribution is -1.84. The zero-order valence-corrected chi connectivity index (χ0v) is 11.9. The van der Waals surface area contributed by atoms with Crippen molar-refractivity contribution in [3.05, 3.63) is 56.0 Å². The van der Waals surface area contributed by atoms with Crippen LogP contribution in [0.2, 0.25) is 0 Å². The zero-order chi connectivity index (χ0) is 16.5. The Balaban J connectivity index is 0.000000220. The van der Waals surface area contributed by atoms with Gasteiger partial charge in [-0.15, -0.1) is 0 Å². The van der Waals surface area contributed by atoms with E-state index in [4.69, 9.17) is 18.3 Å². The van der Waals surface area contributed by atoms with Crippen LogP contribution in [0.3, 0.4) is 0 Å². The molecule has 0 aliphatic rings. The summed E-state index contributed by atoms with van der Waals surface area (Å²) < 4.78 is 18.9. The second-order valence-corrected chi connectivity index (χ2v) is 3.86. The minimum atomic E-state index is -0.584. The Labute approximate surface area is 124 Å². The van der Waals surface area contributed by atoms with Crippen molar-refractivity contribution < 1.29 is 28.2 Å². The largest absolute Gasteiger partial charge is 0.433 e. The highest BCUT2D eigenvalue weighted by Gasteiger charge is 2.11. The number of hydrogen-bond donors (Lipinski definition) is 0. The van der Waals surface area contributed by atoms with Crippen LogP contribution in [0.1, 0.15) is 11.5 Å². The fraction of sp³-hybridized carbons (Fsp3) is 0.333. The van der Waals surface area contributed by atoms with Crippen LogP contribution >= 0.6 is 0 Å². The molecule has 0 aromatic carbocycles. The molecule has 0 aliphatic heterocycles. The molecule has 10 heteroatoms. The number of nitrogens with zero attached hydrogens (tertiary/aromatic N) is 2. The van der Waals surface area contributed by atoms with E-state index in [1.165, 1.54) is 38.5 Å². The lowest BCUT2D eigenvalue weighted by atomic mass is 10.5. The summed E-state index contributed by atoms with van der Waals surface area (Å²) in [7, 11) is 2.99. The van der Waals surface area contributed by atoms with Crippen molar-refractivity contribution in [2.45, 2.75) is 13.2 Å². The molecule has 2 rings (SSSR count). The Bertz CT molecular complexity index is 564. The van der Waals surface area contributed by atoms with Gasteiger partial charge in [-0.25, -0.2) is 0 Å². The summed E-state index contributed by atoms with van der Waals surface area (Å²) in [5.41, 5.74) is 0. The third-order valence-corrected chi connectivity index (χ3v) is 2.23. The zero-order valence-electron chi connectivity index (χ0n) is 11.9. The Kier molecular flexibility index (Phi) is 6.73. The molecule has 0 N–H and O–H groups in total. The number of hydrogen-bond acceptors (Lipinski definition) is 8. The number of ether oxygens (including phenoxy) is 2. The molecule has 2 aromatic heterocycles. The van der Waals surface area contributed by atoms with E-state index in [-0.39, 0.29) is 25.0 Å². The number of furan rings is 2. The molecule has 2 heterocycles. The first-order valence-electron chi connectivity index (χ1n) is 5.92. The SMILES string of the molecule is COCc1ccc([N+](=O)[O-])o1.COCc1ccc([N+](=O)[O-])o1. The molecule has 0 saturated heterocycles. The molecule has 0 atom stereocenters. The molecule has 0 fully saturated rings. The normalized spacial score (nSPS) is 9.91. The topological polar surface area (TPSA) is 131 Å². The highest BCUT2D eigenvalue weighted by atomic mass is 16.7. The fourth-order valence-electron chi connectivity index (χ4n) is 1.37. The van der Waals surface area contributed by atoms with Gasteiger partial charge in [0.2, 0.25) is 0 Å². The van der Waals surface area contributed by atoms with Gasteiger partial charge in [0, 0.05) is 14.2 Å². The minimum Gasteiger partial charge on any atom is -0.403 e. The average Bonchev–Trinajstić information content (AvgIpc) is 3.09. The third kappa shape index (κ3) is 5.34. The average molecular weight is 314 g/mol. The minimum absolute atomic E-state index is 0.253. The van der Waals surface area contributed by atoms with E-state index in [9.17, 15) is 20.2 Å². The molecule has 120 valence electrons. The summed E-state index contributed by atoms with van der Waals surface area (Å²) in [6, 6.07) is 5.63. The summed E-state index contributed by atoms with van der Waals surface area (Å²) in [6.45, 7) is 0.516. The molecule has 0 saturated carbocycles. The van der Waals surface area contributed by atoms with Crippen LogP contribution in [0.15, 0.2) is 33.1 Å². The van der Waals surface area contributed by atoms with Gasteiger partial charge in [-0.2, -0.15) is 0 Å². The molecule has 0 bridgehead atoms. The van der Waals surface area contributed by atoms with Crippen molar-refractivity contribution in [2.24, 2.45) is 0 Å². The predicted molar refractivity (Wildman–Crippen MR) is 72.2 cm³/mol. The molecular weight excluding hydrogens is 300 g/mol. The van der Waals surface area contributed by atoms with Crippen LogP contribution in [0, 0.1) is 20.2 Å². The lowest BCUT2D eigenvalue weighted by Gasteiger charge is -1.89. The van der Waals surface area contributed by atoms with Crippen LogP contribution in [-0.2, 0) is 22.7 Å². The maximum Gasteiger partial charge on any atom is 0.433 e.